The number of hydrogen-bond donors (Lipinski definition) is 2. The van der Waals surface area contributed by atoms with Gasteiger partial charge in [-0.3, -0.25) is 4.79 Å². The van der Waals surface area contributed by atoms with Crippen molar-refractivity contribution in [2.24, 2.45) is 0 Å². The molecule has 3 aromatic carbocycles. The quantitative estimate of drug-likeness (QED) is 0.214. The number of ether oxygens (including phenoxy) is 4. The lowest BCUT2D eigenvalue weighted by atomic mass is 9.84. The first-order valence-corrected chi connectivity index (χ1v) is 15.9. The van der Waals surface area contributed by atoms with Crippen LogP contribution in [0, 0.1) is 0 Å². The Morgan fingerprint density at radius 2 is 1.77 bits per heavy atom. The number of carbonyl (C=O) groups excluding carboxylic acids is 2. The number of anilines is 1. The standard InChI is InChI=1S/C37H43N3O8/c1-8-39(35(44)48-36(2,3)4)16-14-26-17-25-18-29-23(19-30(25)38-26)10-12-31(42)28-13-15-37(34(43)47-7,40(22-41)33(28)29)21-24-9-11-27(45-5)20-32(24)46-6/h9-13,15,17-20,38,41H,8,14,16,21-22H2,1-7H3. The number of aliphatic hydroxyl groups excluding tert-OH is 1. The number of methoxy groups -OCH3 is 3. The van der Waals surface area contributed by atoms with Gasteiger partial charge in [-0.2, -0.15) is 0 Å². The number of nitrogens with one attached hydrogen (secondary N) is 1. The molecule has 0 radical (unpaired) electrons. The number of esters is 1. The number of H-pyrrole nitrogens is 1. The Morgan fingerprint density at radius 3 is 2.42 bits per heavy atom. The van der Waals surface area contributed by atoms with Gasteiger partial charge >= 0.3 is 12.1 Å². The van der Waals surface area contributed by atoms with E-state index in [9.17, 15) is 19.5 Å². The van der Waals surface area contributed by atoms with Gasteiger partial charge in [0, 0.05) is 59.5 Å². The first-order chi connectivity index (χ1) is 22.9. The number of fused-ring (bicyclic) bond motifs is 4. The number of carbonyl (C=O) groups is 2. The zero-order chi connectivity index (χ0) is 34.8. The van der Waals surface area contributed by atoms with Crippen LogP contribution in [0.5, 0.6) is 11.5 Å². The van der Waals surface area contributed by atoms with Gasteiger partial charge in [0.2, 0.25) is 0 Å². The summed E-state index contributed by atoms with van der Waals surface area (Å²) in [6, 6.07) is 14.4. The highest BCUT2D eigenvalue weighted by atomic mass is 16.6. The van der Waals surface area contributed by atoms with Crippen LogP contribution in [0.2, 0.25) is 0 Å². The third kappa shape index (κ3) is 6.55. The second-order valence-corrected chi connectivity index (χ2v) is 12.8. The second-order valence-electron chi connectivity index (χ2n) is 12.8. The first-order valence-electron chi connectivity index (χ1n) is 15.9. The van der Waals surface area contributed by atoms with E-state index in [2.05, 4.69) is 4.98 Å². The number of rotatable bonds is 10. The average Bonchev–Trinajstić information content (AvgIpc) is 3.41. The van der Waals surface area contributed by atoms with Crippen molar-refractivity contribution in [2.45, 2.75) is 51.7 Å². The maximum absolute atomic E-state index is 13.8. The number of likely N-dealkylation sites (N-methyl/N-ethyl adjacent to an activating group) is 1. The van der Waals surface area contributed by atoms with Crippen molar-refractivity contribution in [3.05, 3.63) is 81.7 Å². The van der Waals surface area contributed by atoms with Gasteiger partial charge < -0.3 is 38.8 Å². The summed E-state index contributed by atoms with van der Waals surface area (Å²) in [6.45, 7) is 7.82. The minimum absolute atomic E-state index is 0.0692. The van der Waals surface area contributed by atoms with Gasteiger partial charge in [0.1, 0.15) is 23.8 Å². The molecule has 4 aromatic rings. The number of hydrogen-bond acceptors (Lipinski definition) is 9. The number of aliphatic hydroxyl groups is 1. The normalized spacial score (nSPS) is 15.7. The van der Waals surface area contributed by atoms with E-state index in [0.29, 0.717) is 53.2 Å². The average molecular weight is 658 g/mol. The summed E-state index contributed by atoms with van der Waals surface area (Å²) < 4.78 is 21.9. The summed E-state index contributed by atoms with van der Waals surface area (Å²) in [5, 5.41) is 13.3. The molecule has 2 N–H and O–H groups in total. The summed E-state index contributed by atoms with van der Waals surface area (Å²) in [5.74, 6) is 0.471. The molecule has 0 saturated heterocycles. The number of aromatic amines is 1. The van der Waals surface area contributed by atoms with Gasteiger partial charge in [0.05, 0.1) is 27.0 Å². The molecule has 2 heterocycles. The van der Waals surface area contributed by atoms with E-state index in [0.717, 1.165) is 22.0 Å². The van der Waals surface area contributed by atoms with Gasteiger partial charge in [-0.1, -0.05) is 18.2 Å². The molecule has 254 valence electrons. The smallest absolute Gasteiger partial charge is 0.410 e. The monoisotopic (exact) mass is 657 g/mol. The largest absolute Gasteiger partial charge is 0.497 e. The van der Waals surface area contributed by atoms with Gasteiger partial charge in [0.15, 0.2) is 11.0 Å². The number of nitrogens with zero attached hydrogens (tertiary/aromatic N) is 2. The summed E-state index contributed by atoms with van der Waals surface area (Å²) in [5.41, 5.74) is 0.814. The van der Waals surface area contributed by atoms with E-state index in [1.165, 1.54) is 25.2 Å². The van der Waals surface area contributed by atoms with Crippen LogP contribution in [0.15, 0.2) is 59.4 Å². The van der Waals surface area contributed by atoms with Crippen molar-refractivity contribution in [3.63, 3.8) is 0 Å². The molecular formula is C37H43N3O8. The summed E-state index contributed by atoms with van der Waals surface area (Å²) in [7, 11) is 4.38. The SMILES string of the molecule is CCN(CCc1cc2cc3c4c(c(=O)ccc3cc2[nH]1)C=CC(Cc1ccc(OC)cc1OC)(C(=O)OC)N4CO)C(=O)OC(C)(C)C. The van der Waals surface area contributed by atoms with E-state index in [-0.39, 0.29) is 17.9 Å². The second kappa shape index (κ2) is 13.6. The molecule has 1 amide bonds. The van der Waals surface area contributed by atoms with E-state index in [1.54, 1.807) is 48.4 Å². The summed E-state index contributed by atoms with van der Waals surface area (Å²) in [6.07, 6.45) is 3.53. The molecule has 5 rings (SSSR count). The minimum Gasteiger partial charge on any atom is -0.497 e. The van der Waals surface area contributed by atoms with E-state index in [1.807, 2.05) is 45.9 Å². The Hall–Kier alpha value is -5.03. The molecule has 0 bridgehead atoms. The molecule has 0 aliphatic carbocycles. The Balaban J connectivity index is 1.61. The summed E-state index contributed by atoms with van der Waals surface area (Å²) in [4.78, 5) is 46.6. The predicted octanol–water partition coefficient (Wildman–Crippen LogP) is 5.44. The van der Waals surface area contributed by atoms with Crippen molar-refractivity contribution in [1.29, 1.82) is 0 Å². The highest BCUT2D eigenvalue weighted by molar-refractivity contribution is 6.07. The van der Waals surface area contributed by atoms with Crippen molar-refractivity contribution >= 4 is 45.5 Å². The zero-order valence-corrected chi connectivity index (χ0v) is 28.5. The Bertz CT molecular complexity index is 1940. The van der Waals surface area contributed by atoms with Gasteiger partial charge in [-0.05, 0) is 75.1 Å². The van der Waals surface area contributed by atoms with Gasteiger partial charge in [-0.25, -0.2) is 9.59 Å². The lowest BCUT2D eigenvalue weighted by Crippen LogP contribution is -2.57. The molecule has 1 atom stereocenters. The van der Waals surface area contributed by atoms with Crippen LogP contribution < -0.4 is 19.8 Å². The van der Waals surface area contributed by atoms with Crippen LogP contribution in [-0.4, -0.2) is 79.3 Å². The van der Waals surface area contributed by atoms with Crippen molar-refractivity contribution in [1.82, 2.24) is 9.88 Å². The van der Waals surface area contributed by atoms with Crippen molar-refractivity contribution < 1.29 is 33.6 Å². The van der Waals surface area contributed by atoms with Crippen LogP contribution in [0.1, 0.15) is 44.5 Å². The molecular weight excluding hydrogens is 614 g/mol. The molecule has 0 spiro atoms. The van der Waals surface area contributed by atoms with E-state index >= 15 is 0 Å². The molecule has 48 heavy (non-hydrogen) atoms. The molecule has 1 aliphatic heterocycles. The fourth-order valence-electron chi connectivity index (χ4n) is 6.24. The van der Waals surface area contributed by atoms with Crippen LogP contribution in [-0.2, 0) is 27.1 Å². The van der Waals surface area contributed by atoms with Crippen LogP contribution in [0.4, 0.5) is 10.5 Å². The summed E-state index contributed by atoms with van der Waals surface area (Å²) >= 11 is 0. The highest BCUT2D eigenvalue weighted by Gasteiger charge is 2.47. The Kier molecular flexibility index (Phi) is 9.72. The molecule has 1 aliphatic rings. The third-order valence-corrected chi connectivity index (χ3v) is 8.63. The maximum Gasteiger partial charge on any atom is 0.410 e. The fraction of sp³-hybridized carbons (Fsp3) is 0.378. The van der Waals surface area contributed by atoms with E-state index in [4.69, 9.17) is 18.9 Å². The van der Waals surface area contributed by atoms with E-state index < -0.39 is 23.8 Å². The fourth-order valence-corrected chi connectivity index (χ4v) is 6.24. The number of amides is 1. The number of benzene rings is 2. The lowest BCUT2D eigenvalue weighted by molar-refractivity contribution is -0.145. The molecule has 0 saturated carbocycles. The predicted molar refractivity (Wildman–Crippen MR) is 186 cm³/mol. The topological polar surface area (TPSA) is 131 Å². The first kappa shape index (κ1) is 34.3. The lowest BCUT2D eigenvalue weighted by Gasteiger charge is -2.43. The van der Waals surface area contributed by atoms with Crippen LogP contribution >= 0.6 is 0 Å². The zero-order valence-electron chi connectivity index (χ0n) is 28.5. The molecule has 1 unspecified atom stereocenters. The highest BCUT2D eigenvalue weighted by Crippen LogP contribution is 2.42. The maximum atomic E-state index is 13.8. The van der Waals surface area contributed by atoms with Crippen LogP contribution in [0.25, 0.3) is 27.8 Å². The molecule has 1 aromatic heterocycles. The Morgan fingerprint density at radius 1 is 1.00 bits per heavy atom. The molecule has 0 fully saturated rings. The van der Waals surface area contributed by atoms with Crippen LogP contribution in [0.3, 0.4) is 0 Å². The van der Waals surface area contributed by atoms with Gasteiger partial charge in [0.25, 0.3) is 0 Å². The third-order valence-electron chi connectivity index (χ3n) is 8.63. The molecule has 11 heteroatoms. The number of aromatic nitrogens is 1. The molecule has 11 nitrogen and oxygen atoms in total. The van der Waals surface area contributed by atoms with Crippen molar-refractivity contribution in [3.8, 4) is 11.5 Å². The minimum atomic E-state index is -1.52. The van der Waals surface area contributed by atoms with Crippen molar-refractivity contribution in [2.75, 3.05) is 46.0 Å². The Labute approximate surface area is 279 Å². The van der Waals surface area contributed by atoms with Gasteiger partial charge in [-0.15, -0.1) is 0 Å².